The maximum absolute atomic E-state index is 12.3. The summed E-state index contributed by atoms with van der Waals surface area (Å²) < 4.78 is 36.9. The zero-order valence-electron chi connectivity index (χ0n) is 9.47. The number of carboxylic acid groups (broad SMARTS) is 1. The minimum atomic E-state index is -4.83. The summed E-state index contributed by atoms with van der Waals surface area (Å²) in [5.74, 6) is -5.14. The highest BCUT2D eigenvalue weighted by Gasteiger charge is 2.45. The quantitative estimate of drug-likeness (QED) is 0.645. The Morgan fingerprint density at radius 3 is 2.12 bits per heavy atom. The van der Waals surface area contributed by atoms with Crippen LogP contribution in [0, 0.1) is 5.92 Å². The Labute approximate surface area is 96.2 Å². The molecule has 0 spiro atoms. The van der Waals surface area contributed by atoms with Crippen molar-refractivity contribution in [1.29, 1.82) is 0 Å². The molecule has 5 nitrogen and oxygen atoms in total. The molecule has 0 bridgehead atoms. The summed E-state index contributed by atoms with van der Waals surface area (Å²) in [4.78, 5) is 21.1. The van der Waals surface area contributed by atoms with Gasteiger partial charge in [0.1, 0.15) is 0 Å². The van der Waals surface area contributed by atoms with Crippen molar-refractivity contribution < 1.29 is 27.9 Å². The number of halogens is 3. The van der Waals surface area contributed by atoms with Crippen LogP contribution < -0.4 is 11.1 Å². The number of carbonyl (C=O) groups is 2. The van der Waals surface area contributed by atoms with Crippen LogP contribution in [-0.4, -0.2) is 35.2 Å². The molecule has 0 heterocycles. The predicted molar refractivity (Wildman–Crippen MR) is 53.1 cm³/mol. The first kappa shape index (κ1) is 15.7. The van der Waals surface area contributed by atoms with Crippen LogP contribution in [0.3, 0.4) is 0 Å². The van der Waals surface area contributed by atoms with Gasteiger partial charge in [0, 0.05) is 18.5 Å². The number of amides is 1. The summed E-state index contributed by atoms with van der Waals surface area (Å²) in [5.41, 5.74) is 3.93. The lowest BCUT2D eigenvalue weighted by Crippen LogP contribution is -2.48. The van der Waals surface area contributed by atoms with Crippen LogP contribution in [0.4, 0.5) is 13.2 Å². The van der Waals surface area contributed by atoms with Crippen LogP contribution in [0.1, 0.15) is 20.3 Å². The number of nitrogens with two attached hydrogens (primary N) is 1. The molecule has 0 aliphatic rings. The normalized spacial score (nSPS) is 14.4. The van der Waals surface area contributed by atoms with Crippen molar-refractivity contribution in [3.05, 3.63) is 0 Å². The van der Waals surface area contributed by atoms with Crippen molar-refractivity contribution in [3.63, 3.8) is 0 Å². The molecule has 0 aliphatic carbocycles. The van der Waals surface area contributed by atoms with Crippen LogP contribution in [0.15, 0.2) is 0 Å². The predicted octanol–water partition coefficient (Wildman–Crippen LogP) is 0.493. The fourth-order valence-electron chi connectivity index (χ4n) is 1.22. The molecule has 1 atom stereocenters. The van der Waals surface area contributed by atoms with Crippen molar-refractivity contribution in [2.75, 3.05) is 6.54 Å². The van der Waals surface area contributed by atoms with E-state index in [1.165, 1.54) is 13.8 Å². The van der Waals surface area contributed by atoms with E-state index in [1.54, 1.807) is 0 Å². The SMILES string of the molecule is CC(C)(CC(N)=O)NCC(C(=O)O)C(F)(F)F. The van der Waals surface area contributed by atoms with Gasteiger partial charge < -0.3 is 16.2 Å². The van der Waals surface area contributed by atoms with Gasteiger partial charge in [0.15, 0.2) is 5.92 Å². The van der Waals surface area contributed by atoms with E-state index in [0.29, 0.717) is 0 Å². The van der Waals surface area contributed by atoms with E-state index in [4.69, 9.17) is 10.8 Å². The average Bonchev–Trinajstić information content (AvgIpc) is 1.96. The summed E-state index contributed by atoms with van der Waals surface area (Å²) in [6, 6.07) is 0. The minimum absolute atomic E-state index is 0.183. The van der Waals surface area contributed by atoms with E-state index in [1.807, 2.05) is 0 Å². The number of alkyl halides is 3. The van der Waals surface area contributed by atoms with Crippen molar-refractivity contribution in [2.24, 2.45) is 11.7 Å². The number of hydrogen-bond donors (Lipinski definition) is 3. The first-order chi connectivity index (χ1) is 7.46. The van der Waals surface area contributed by atoms with Crippen LogP contribution in [-0.2, 0) is 9.59 Å². The van der Waals surface area contributed by atoms with Gasteiger partial charge in [-0.3, -0.25) is 9.59 Å². The Kier molecular flexibility index (Phi) is 4.94. The lowest BCUT2D eigenvalue weighted by Gasteiger charge is -2.27. The van der Waals surface area contributed by atoms with E-state index >= 15 is 0 Å². The molecule has 0 aromatic rings. The highest BCUT2D eigenvalue weighted by Crippen LogP contribution is 2.26. The second kappa shape index (κ2) is 5.35. The second-order valence-corrected chi connectivity index (χ2v) is 4.34. The maximum Gasteiger partial charge on any atom is 0.403 e. The number of hydrogen-bond acceptors (Lipinski definition) is 3. The molecule has 0 aromatic heterocycles. The van der Waals surface area contributed by atoms with Gasteiger partial charge in [-0.2, -0.15) is 13.2 Å². The lowest BCUT2D eigenvalue weighted by molar-refractivity contribution is -0.192. The molecule has 0 saturated carbocycles. The summed E-state index contributed by atoms with van der Waals surface area (Å²) in [6.07, 6.45) is -5.02. The van der Waals surface area contributed by atoms with Crippen LogP contribution >= 0.6 is 0 Å². The summed E-state index contributed by atoms with van der Waals surface area (Å²) >= 11 is 0. The Morgan fingerprint density at radius 1 is 1.35 bits per heavy atom. The van der Waals surface area contributed by atoms with Gasteiger partial charge in [-0.15, -0.1) is 0 Å². The lowest BCUT2D eigenvalue weighted by atomic mass is 9.98. The molecule has 1 amide bonds. The third kappa shape index (κ3) is 6.10. The van der Waals surface area contributed by atoms with Gasteiger partial charge in [0.25, 0.3) is 0 Å². The van der Waals surface area contributed by atoms with E-state index < -0.39 is 36.1 Å². The molecule has 100 valence electrons. The van der Waals surface area contributed by atoms with E-state index in [2.05, 4.69) is 5.32 Å². The molecule has 17 heavy (non-hydrogen) atoms. The summed E-state index contributed by atoms with van der Waals surface area (Å²) in [7, 11) is 0. The van der Waals surface area contributed by atoms with E-state index in [0.717, 1.165) is 0 Å². The van der Waals surface area contributed by atoms with Crippen molar-refractivity contribution in [2.45, 2.75) is 32.0 Å². The van der Waals surface area contributed by atoms with Crippen LogP contribution in [0.25, 0.3) is 0 Å². The van der Waals surface area contributed by atoms with Crippen molar-refractivity contribution in [3.8, 4) is 0 Å². The van der Waals surface area contributed by atoms with E-state index in [9.17, 15) is 22.8 Å². The second-order valence-electron chi connectivity index (χ2n) is 4.34. The van der Waals surface area contributed by atoms with Crippen molar-refractivity contribution in [1.82, 2.24) is 5.32 Å². The van der Waals surface area contributed by atoms with Crippen LogP contribution in [0.2, 0.25) is 0 Å². The van der Waals surface area contributed by atoms with Gasteiger partial charge >= 0.3 is 12.1 Å². The Bertz CT molecular complexity index is 302. The molecule has 0 saturated heterocycles. The van der Waals surface area contributed by atoms with Gasteiger partial charge in [-0.1, -0.05) is 0 Å². The van der Waals surface area contributed by atoms with Gasteiger partial charge in [-0.25, -0.2) is 0 Å². The van der Waals surface area contributed by atoms with Crippen LogP contribution in [0.5, 0.6) is 0 Å². The Hall–Kier alpha value is -1.31. The highest BCUT2D eigenvalue weighted by atomic mass is 19.4. The number of nitrogens with one attached hydrogen (secondary N) is 1. The fraction of sp³-hybridized carbons (Fsp3) is 0.778. The van der Waals surface area contributed by atoms with Gasteiger partial charge in [0.05, 0.1) is 0 Å². The number of carboxylic acids is 1. The third-order valence-electron chi connectivity index (χ3n) is 2.09. The van der Waals surface area contributed by atoms with Gasteiger partial charge in [-0.05, 0) is 13.8 Å². The molecule has 0 fully saturated rings. The topological polar surface area (TPSA) is 92.4 Å². The molecule has 0 rings (SSSR count). The minimum Gasteiger partial charge on any atom is -0.481 e. The molecule has 1 unspecified atom stereocenters. The maximum atomic E-state index is 12.3. The first-order valence-corrected chi connectivity index (χ1v) is 4.78. The molecule has 8 heteroatoms. The Morgan fingerprint density at radius 2 is 1.82 bits per heavy atom. The smallest absolute Gasteiger partial charge is 0.403 e. The van der Waals surface area contributed by atoms with E-state index in [-0.39, 0.29) is 6.42 Å². The summed E-state index contributed by atoms with van der Waals surface area (Å²) in [5, 5.41) is 10.8. The summed E-state index contributed by atoms with van der Waals surface area (Å²) in [6.45, 7) is 2.12. The fourth-order valence-corrected chi connectivity index (χ4v) is 1.22. The molecule has 0 radical (unpaired) electrons. The molecule has 0 aromatic carbocycles. The largest absolute Gasteiger partial charge is 0.481 e. The number of aliphatic carboxylic acids is 1. The highest BCUT2D eigenvalue weighted by molar-refractivity contribution is 5.75. The Balaban J connectivity index is 4.51. The molecular formula is C9H15F3N2O3. The zero-order valence-corrected chi connectivity index (χ0v) is 9.47. The molecule has 4 N–H and O–H groups in total. The average molecular weight is 256 g/mol. The number of primary amides is 1. The third-order valence-corrected chi connectivity index (χ3v) is 2.09. The van der Waals surface area contributed by atoms with Crippen molar-refractivity contribution >= 4 is 11.9 Å². The molecular weight excluding hydrogens is 241 g/mol. The number of rotatable bonds is 6. The standard InChI is InChI=1S/C9H15F3N2O3/c1-8(2,3-6(13)15)14-4-5(7(16)17)9(10,11)12/h5,14H,3-4H2,1-2H3,(H2,13,15)(H,16,17). The monoisotopic (exact) mass is 256 g/mol. The first-order valence-electron chi connectivity index (χ1n) is 4.78. The zero-order chi connectivity index (χ0) is 13.9. The number of carbonyl (C=O) groups excluding carboxylic acids is 1. The molecule has 0 aliphatic heterocycles. The van der Waals surface area contributed by atoms with Gasteiger partial charge in [0.2, 0.25) is 5.91 Å².